The van der Waals surface area contributed by atoms with E-state index in [0.717, 1.165) is 4.47 Å². The Balaban J connectivity index is 2.45. The average molecular weight is 354 g/mol. The maximum absolute atomic E-state index is 11.6. The molecule has 7 heteroatoms. The molecule has 5 nitrogen and oxygen atoms in total. The number of rotatable bonds is 4. The van der Waals surface area contributed by atoms with Crippen molar-refractivity contribution in [2.45, 2.75) is 6.92 Å². The zero-order valence-electron chi connectivity index (χ0n) is 10.7. The first-order chi connectivity index (χ1) is 9.54. The van der Waals surface area contributed by atoms with Gasteiger partial charge >= 0.3 is 5.97 Å². The second-order valence-electron chi connectivity index (χ2n) is 3.89. The molecule has 0 saturated carbocycles. The van der Waals surface area contributed by atoms with Gasteiger partial charge in [0.25, 0.3) is 0 Å². The highest BCUT2D eigenvalue weighted by molar-refractivity contribution is 9.10. The number of nitrogens with two attached hydrogens (primary N) is 1. The second kappa shape index (κ2) is 6.15. The zero-order valence-corrected chi connectivity index (χ0v) is 13.1. The van der Waals surface area contributed by atoms with E-state index in [9.17, 15) is 4.79 Å². The van der Waals surface area contributed by atoms with Crippen LogP contribution < -0.4 is 5.73 Å². The number of hydrogen-bond donors (Lipinski definition) is 1. The fraction of sp³-hybridized carbons (Fsp3) is 0.154. The van der Waals surface area contributed by atoms with Crippen LogP contribution in [0.1, 0.15) is 22.8 Å². The monoisotopic (exact) mass is 353 g/mol. The van der Waals surface area contributed by atoms with E-state index in [-0.39, 0.29) is 4.99 Å². The first-order valence-corrected chi connectivity index (χ1v) is 7.05. The van der Waals surface area contributed by atoms with Gasteiger partial charge in [0.05, 0.1) is 24.1 Å². The Bertz CT molecular complexity index is 669. The van der Waals surface area contributed by atoms with Crippen molar-refractivity contribution >= 4 is 39.1 Å². The molecule has 0 fully saturated rings. The molecule has 2 aromatic rings. The van der Waals surface area contributed by atoms with Gasteiger partial charge in [-0.2, -0.15) is 5.10 Å². The number of hydrogen-bond acceptors (Lipinski definition) is 4. The Morgan fingerprint density at radius 3 is 2.95 bits per heavy atom. The Morgan fingerprint density at radius 2 is 2.30 bits per heavy atom. The zero-order chi connectivity index (χ0) is 14.7. The standard InChI is InChI=1S/C13H12BrN3O2S/c1-2-19-13(18)8-6-16-17(7-8)10-5-3-4-9(14)11(10)12(15)20/h3-7H,2H2,1H3,(H2,15,20). The molecule has 0 amide bonds. The van der Waals surface area contributed by atoms with Crippen molar-refractivity contribution < 1.29 is 9.53 Å². The Kier molecular flexibility index (Phi) is 4.51. The number of halogens is 1. The van der Waals surface area contributed by atoms with Crippen LogP contribution in [-0.4, -0.2) is 27.3 Å². The molecule has 0 bridgehead atoms. The van der Waals surface area contributed by atoms with Gasteiger partial charge < -0.3 is 10.5 Å². The topological polar surface area (TPSA) is 70.1 Å². The van der Waals surface area contributed by atoms with E-state index in [2.05, 4.69) is 21.0 Å². The number of benzene rings is 1. The summed E-state index contributed by atoms with van der Waals surface area (Å²) in [7, 11) is 0. The summed E-state index contributed by atoms with van der Waals surface area (Å²) < 4.78 is 7.25. The summed E-state index contributed by atoms with van der Waals surface area (Å²) in [6.07, 6.45) is 3.03. The van der Waals surface area contributed by atoms with E-state index < -0.39 is 5.97 Å². The third-order valence-electron chi connectivity index (χ3n) is 2.58. The molecular weight excluding hydrogens is 342 g/mol. The van der Waals surface area contributed by atoms with Crippen LogP contribution in [0.3, 0.4) is 0 Å². The number of nitrogens with zero attached hydrogens (tertiary/aromatic N) is 2. The van der Waals surface area contributed by atoms with E-state index in [4.69, 9.17) is 22.7 Å². The molecule has 2 N–H and O–H groups in total. The van der Waals surface area contributed by atoms with Crippen molar-refractivity contribution in [1.29, 1.82) is 0 Å². The molecule has 0 aliphatic carbocycles. The second-order valence-corrected chi connectivity index (χ2v) is 5.19. The van der Waals surface area contributed by atoms with Crippen LogP contribution in [-0.2, 0) is 4.74 Å². The minimum atomic E-state index is -0.411. The molecule has 0 aliphatic rings. The summed E-state index contributed by atoms with van der Waals surface area (Å²) in [5, 5.41) is 4.15. The summed E-state index contributed by atoms with van der Waals surface area (Å²) in [6, 6.07) is 5.50. The molecule has 1 aromatic carbocycles. The van der Waals surface area contributed by atoms with E-state index >= 15 is 0 Å². The molecule has 1 heterocycles. The van der Waals surface area contributed by atoms with Crippen molar-refractivity contribution in [2.24, 2.45) is 5.73 Å². The minimum absolute atomic E-state index is 0.251. The van der Waals surface area contributed by atoms with Gasteiger partial charge in [0, 0.05) is 16.2 Å². The number of esters is 1. The van der Waals surface area contributed by atoms with Gasteiger partial charge in [0.2, 0.25) is 0 Å². The molecule has 0 aliphatic heterocycles. The lowest BCUT2D eigenvalue weighted by atomic mass is 10.2. The first kappa shape index (κ1) is 14.7. The van der Waals surface area contributed by atoms with Gasteiger partial charge in [-0.15, -0.1) is 0 Å². The molecular formula is C13H12BrN3O2S. The highest BCUT2D eigenvalue weighted by atomic mass is 79.9. The predicted octanol–water partition coefficient (Wildman–Crippen LogP) is 2.45. The van der Waals surface area contributed by atoms with E-state index in [1.54, 1.807) is 17.8 Å². The molecule has 0 spiro atoms. The number of aromatic nitrogens is 2. The number of carbonyl (C=O) groups excluding carboxylic acids is 1. The quantitative estimate of drug-likeness (QED) is 0.675. The van der Waals surface area contributed by atoms with Crippen LogP contribution in [0, 0.1) is 0 Å². The van der Waals surface area contributed by atoms with Crippen LogP contribution in [0.2, 0.25) is 0 Å². The molecule has 0 saturated heterocycles. The SMILES string of the molecule is CCOC(=O)c1cnn(-c2cccc(Br)c2C(N)=S)c1. The van der Waals surface area contributed by atoms with Gasteiger partial charge in [0.1, 0.15) is 4.99 Å². The lowest BCUT2D eigenvalue weighted by Gasteiger charge is -2.09. The van der Waals surface area contributed by atoms with Gasteiger partial charge in [-0.3, -0.25) is 0 Å². The van der Waals surface area contributed by atoms with Gasteiger partial charge in [-0.25, -0.2) is 9.48 Å². The third kappa shape index (κ3) is 2.88. The van der Waals surface area contributed by atoms with Crippen LogP contribution in [0.4, 0.5) is 0 Å². The molecule has 2 rings (SSSR count). The Morgan fingerprint density at radius 1 is 1.55 bits per heavy atom. The lowest BCUT2D eigenvalue weighted by Crippen LogP contribution is -2.14. The van der Waals surface area contributed by atoms with Gasteiger partial charge in [0.15, 0.2) is 0 Å². The summed E-state index contributed by atoms with van der Waals surface area (Å²) >= 11 is 8.46. The average Bonchev–Trinajstić information content (AvgIpc) is 2.87. The predicted molar refractivity (Wildman–Crippen MR) is 83.1 cm³/mol. The molecule has 0 unspecified atom stereocenters. The van der Waals surface area contributed by atoms with Crippen LogP contribution >= 0.6 is 28.1 Å². The fourth-order valence-corrected chi connectivity index (χ4v) is 2.64. The number of carbonyl (C=O) groups is 1. The number of thiocarbonyl (C=S) groups is 1. The van der Waals surface area contributed by atoms with E-state index in [1.807, 2.05) is 18.2 Å². The summed E-state index contributed by atoms with van der Waals surface area (Å²) in [6.45, 7) is 2.07. The first-order valence-electron chi connectivity index (χ1n) is 5.85. The Hall–Kier alpha value is -1.73. The van der Waals surface area contributed by atoms with Crippen molar-refractivity contribution in [1.82, 2.24) is 9.78 Å². The lowest BCUT2D eigenvalue weighted by molar-refractivity contribution is 0.0526. The van der Waals surface area contributed by atoms with Crippen molar-refractivity contribution in [2.75, 3.05) is 6.61 Å². The van der Waals surface area contributed by atoms with Crippen molar-refractivity contribution in [3.05, 3.63) is 46.2 Å². The largest absolute Gasteiger partial charge is 0.462 e. The number of ether oxygens (including phenoxy) is 1. The molecule has 20 heavy (non-hydrogen) atoms. The van der Waals surface area contributed by atoms with Crippen LogP contribution in [0.5, 0.6) is 0 Å². The normalized spacial score (nSPS) is 10.3. The van der Waals surface area contributed by atoms with Crippen molar-refractivity contribution in [3.63, 3.8) is 0 Å². The highest BCUT2D eigenvalue weighted by Gasteiger charge is 2.14. The molecule has 104 valence electrons. The molecule has 0 radical (unpaired) electrons. The smallest absolute Gasteiger partial charge is 0.341 e. The summed E-state index contributed by atoms with van der Waals surface area (Å²) in [4.78, 5) is 11.9. The van der Waals surface area contributed by atoms with Gasteiger partial charge in [-0.05, 0) is 35.0 Å². The maximum Gasteiger partial charge on any atom is 0.341 e. The fourth-order valence-electron chi connectivity index (χ4n) is 1.72. The summed E-state index contributed by atoms with van der Waals surface area (Å²) in [5.74, 6) is -0.411. The minimum Gasteiger partial charge on any atom is -0.462 e. The molecule has 0 atom stereocenters. The molecule has 1 aromatic heterocycles. The Labute approximate surface area is 129 Å². The van der Waals surface area contributed by atoms with E-state index in [1.165, 1.54) is 6.20 Å². The van der Waals surface area contributed by atoms with Crippen LogP contribution in [0.25, 0.3) is 5.69 Å². The summed E-state index contributed by atoms with van der Waals surface area (Å²) in [5.41, 5.74) is 7.48. The third-order valence-corrected chi connectivity index (χ3v) is 3.44. The van der Waals surface area contributed by atoms with Gasteiger partial charge in [-0.1, -0.05) is 18.3 Å². The maximum atomic E-state index is 11.6. The van der Waals surface area contributed by atoms with E-state index in [0.29, 0.717) is 23.4 Å². The van der Waals surface area contributed by atoms with Crippen molar-refractivity contribution in [3.8, 4) is 5.69 Å². The van der Waals surface area contributed by atoms with Crippen LogP contribution in [0.15, 0.2) is 35.1 Å². The highest BCUT2D eigenvalue weighted by Crippen LogP contribution is 2.23.